The standard InChI is InChI=1S/C18H25N7O6S2/c1-17(20-11(26)6-4-5-10(19)13(27)28)15(31)25-12(14(29)30)9(8-33-18(17,25)2)7-32-16-21-22-23-24(16)3/h8,10,12H,4-7,19H2,1-3H3,(H,20,26)(H,27,28)(H,29,30)/t10-,12?,17-,18-/m1/s1. The zero-order valence-corrected chi connectivity index (χ0v) is 19.9. The summed E-state index contributed by atoms with van der Waals surface area (Å²) >= 11 is 2.52. The highest BCUT2D eigenvalue weighted by Gasteiger charge is 2.71. The van der Waals surface area contributed by atoms with Gasteiger partial charge >= 0.3 is 11.9 Å². The normalized spacial score (nSPS) is 27.3. The lowest BCUT2D eigenvalue weighted by Crippen LogP contribution is -2.86. The van der Waals surface area contributed by atoms with E-state index in [2.05, 4.69) is 20.8 Å². The van der Waals surface area contributed by atoms with E-state index in [0.717, 1.165) is 0 Å². The summed E-state index contributed by atoms with van der Waals surface area (Å²) in [5.41, 5.74) is 4.64. The van der Waals surface area contributed by atoms with Crippen LogP contribution in [-0.4, -0.2) is 87.3 Å². The van der Waals surface area contributed by atoms with E-state index < -0.39 is 46.2 Å². The lowest BCUT2D eigenvalue weighted by Gasteiger charge is -2.64. The van der Waals surface area contributed by atoms with Gasteiger partial charge in [0.2, 0.25) is 11.1 Å². The number of β-lactam (4-membered cyclic amide) rings is 1. The molecule has 0 aromatic carbocycles. The molecule has 1 aromatic heterocycles. The predicted molar refractivity (Wildman–Crippen MR) is 118 cm³/mol. The van der Waals surface area contributed by atoms with Gasteiger partial charge < -0.3 is 26.2 Å². The zero-order valence-electron chi connectivity index (χ0n) is 18.2. The molecule has 0 bridgehead atoms. The third-order valence-corrected chi connectivity index (χ3v) is 8.46. The maximum atomic E-state index is 13.1. The first kappa shape index (κ1) is 25.0. The van der Waals surface area contributed by atoms with Crippen LogP contribution in [0.2, 0.25) is 0 Å². The molecule has 3 heterocycles. The van der Waals surface area contributed by atoms with Crippen molar-refractivity contribution in [2.24, 2.45) is 12.8 Å². The van der Waals surface area contributed by atoms with Crippen LogP contribution in [0.25, 0.3) is 0 Å². The van der Waals surface area contributed by atoms with Crippen molar-refractivity contribution >= 4 is 47.3 Å². The SMILES string of the molecule is Cn1nnnc1SCC1=CS[C@@]2(C)N(C(=O)[C@@]2(C)NC(=O)CCC[C@@H](N)C(=O)O)C1C(=O)O. The number of carboxylic acid groups (broad SMARTS) is 2. The summed E-state index contributed by atoms with van der Waals surface area (Å²) in [5.74, 6) is -2.98. The highest BCUT2D eigenvalue weighted by molar-refractivity contribution is 8.03. The Morgan fingerprint density at radius 2 is 2.06 bits per heavy atom. The van der Waals surface area contributed by atoms with Crippen LogP contribution in [0.3, 0.4) is 0 Å². The first-order chi connectivity index (χ1) is 15.4. The van der Waals surface area contributed by atoms with Crippen molar-refractivity contribution in [2.75, 3.05) is 5.75 Å². The Bertz CT molecular complexity index is 1020. The Morgan fingerprint density at radius 1 is 1.36 bits per heavy atom. The van der Waals surface area contributed by atoms with Gasteiger partial charge in [-0.3, -0.25) is 14.4 Å². The summed E-state index contributed by atoms with van der Waals surface area (Å²) in [4.78, 5) is 48.8. The number of fused-ring (bicyclic) bond motifs is 1. The van der Waals surface area contributed by atoms with Gasteiger partial charge in [0.05, 0.1) is 0 Å². The van der Waals surface area contributed by atoms with E-state index in [9.17, 15) is 24.3 Å². The third kappa shape index (κ3) is 4.44. The summed E-state index contributed by atoms with van der Waals surface area (Å²) in [6.45, 7) is 3.28. The number of hydrogen-bond donors (Lipinski definition) is 4. The number of aryl methyl sites for hydroxylation is 1. The molecule has 1 fully saturated rings. The second-order valence-corrected chi connectivity index (χ2v) is 10.3. The summed E-state index contributed by atoms with van der Waals surface area (Å²) in [6, 6.07) is -2.24. The molecule has 33 heavy (non-hydrogen) atoms. The van der Waals surface area contributed by atoms with Crippen LogP contribution < -0.4 is 11.1 Å². The molecule has 2 aliphatic heterocycles. The number of hydrogen-bond acceptors (Lipinski definition) is 10. The summed E-state index contributed by atoms with van der Waals surface area (Å²) in [5, 5.41) is 34.8. The highest BCUT2D eigenvalue weighted by atomic mass is 32.2. The number of tetrazole rings is 1. The summed E-state index contributed by atoms with van der Waals surface area (Å²) in [7, 11) is 1.67. The van der Waals surface area contributed by atoms with Gasteiger partial charge in [-0.2, -0.15) is 0 Å². The molecular formula is C18H25N7O6S2. The van der Waals surface area contributed by atoms with Gasteiger partial charge in [-0.15, -0.1) is 16.9 Å². The fourth-order valence-corrected chi connectivity index (χ4v) is 6.00. The average molecular weight is 500 g/mol. The molecule has 4 atom stereocenters. The largest absolute Gasteiger partial charge is 0.480 e. The molecule has 0 radical (unpaired) electrons. The van der Waals surface area contributed by atoms with E-state index in [1.54, 1.807) is 26.3 Å². The second-order valence-electron chi connectivity index (χ2n) is 8.09. The molecule has 3 rings (SSSR count). The van der Waals surface area contributed by atoms with Crippen molar-refractivity contribution in [3.63, 3.8) is 0 Å². The van der Waals surface area contributed by atoms with E-state index in [1.165, 1.54) is 33.1 Å². The third-order valence-electron chi connectivity index (χ3n) is 5.89. The lowest BCUT2D eigenvalue weighted by atomic mass is 9.77. The molecule has 180 valence electrons. The number of aliphatic carboxylic acids is 2. The van der Waals surface area contributed by atoms with Crippen LogP contribution >= 0.6 is 23.5 Å². The molecule has 5 N–H and O–H groups in total. The van der Waals surface area contributed by atoms with Gasteiger partial charge in [-0.05, 0) is 48.1 Å². The topological polar surface area (TPSA) is 194 Å². The Kier molecular flexibility index (Phi) is 7.04. The quantitative estimate of drug-likeness (QED) is 0.236. The van der Waals surface area contributed by atoms with E-state index in [1.807, 2.05) is 0 Å². The minimum absolute atomic E-state index is 0.00355. The number of amides is 2. The highest BCUT2D eigenvalue weighted by Crippen LogP contribution is 2.55. The monoisotopic (exact) mass is 499 g/mol. The van der Waals surface area contributed by atoms with Crippen LogP contribution in [0, 0.1) is 0 Å². The molecule has 13 nitrogen and oxygen atoms in total. The molecule has 15 heteroatoms. The number of carboxylic acids is 2. The maximum absolute atomic E-state index is 13.1. The zero-order chi connectivity index (χ0) is 24.6. The molecule has 0 saturated carbocycles. The number of aromatic nitrogens is 4. The van der Waals surface area contributed by atoms with Gasteiger partial charge in [0.1, 0.15) is 16.5 Å². The maximum Gasteiger partial charge on any atom is 0.330 e. The lowest BCUT2D eigenvalue weighted by molar-refractivity contribution is -0.176. The van der Waals surface area contributed by atoms with Crippen LogP contribution in [0.15, 0.2) is 16.1 Å². The number of rotatable bonds is 10. The van der Waals surface area contributed by atoms with Crippen LogP contribution in [0.4, 0.5) is 0 Å². The van der Waals surface area contributed by atoms with E-state index in [0.29, 0.717) is 10.7 Å². The van der Waals surface area contributed by atoms with Crippen molar-refractivity contribution in [2.45, 2.75) is 60.8 Å². The van der Waals surface area contributed by atoms with Gasteiger partial charge in [0.15, 0.2) is 6.04 Å². The average Bonchev–Trinajstić information content (AvgIpc) is 3.16. The molecule has 2 aliphatic rings. The summed E-state index contributed by atoms with van der Waals surface area (Å²) in [6.07, 6.45) is 0.362. The minimum Gasteiger partial charge on any atom is -0.480 e. The Balaban J connectivity index is 1.71. The molecule has 0 aliphatic carbocycles. The van der Waals surface area contributed by atoms with Crippen molar-refractivity contribution < 1.29 is 29.4 Å². The molecule has 1 saturated heterocycles. The first-order valence-electron chi connectivity index (χ1n) is 10.00. The van der Waals surface area contributed by atoms with Crippen molar-refractivity contribution in [1.82, 2.24) is 30.4 Å². The fraction of sp³-hybridized carbons (Fsp3) is 0.611. The van der Waals surface area contributed by atoms with Gasteiger partial charge in [-0.1, -0.05) is 11.8 Å². The van der Waals surface area contributed by atoms with Gasteiger partial charge in [0.25, 0.3) is 5.91 Å². The molecule has 0 spiro atoms. The number of nitrogens with one attached hydrogen (secondary N) is 1. The van der Waals surface area contributed by atoms with Crippen molar-refractivity contribution in [3.05, 3.63) is 11.0 Å². The molecule has 2 amide bonds. The van der Waals surface area contributed by atoms with E-state index in [-0.39, 0.29) is 25.0 Å². The van der Waals surface area contributed by atoms with E-state index in [4.69, 9.17) is 10.8 Å². The minimum atomic E-state index is -1.32. The molecule has 1 unspecified atom stereocenters. The number of thioether (sulfide) groups is 2. The second kappa shape index (κ2) is 9.30. The van der Waals surface area contributed by atoms with Crippen LogP contribution in [0.5, 0.6) is 0 Å². The summed E-state index contributed by atoms with van der Waals surface area (Å²) < 4.78 is 1.46. The van der Waals surface area contributed by atoms with Crippen LogP contribution in [0.1, 0.15) is 33.1 Å². The number of nitrogens with zero attached hydrogens (tertiary/aromatic N) is 5. The Hall–Kier alpha value is -2.65. The molecule has 1 aromatic rings. The first-order valence-corrected chi connectivity index (χ1v) is 11.9. The number of carbonyl (C=O) groups is 4. The Morgan fingerprint density at radius 3 is 2.64 bits per heavy atom. The predicted octanol–water partition coefficient (Wildman–Crippen LogP) is -0.598. The smallest absolute Gasteiger partial charge is 0.330 e. The van der Waals surface area contributed by atoms with Crippen molar-refractivity contribution in [1.29, 1.82) is 0 Å². The number of carbonyl (C=O) groups excluding carboxylic acids is 2. The van der Waals surface area contributed by atoms with Gasteiger partial charge in [-0.25, -0.2) is 9.48 Å². The molecular weight excluding hydrogens is 474 g/mol. The van der Waals surface area contributed by atoms with Crippen LogP contribution in [-0.2, 0) is 26.2 Å². The van der Waals surface area contributed by atoms with Gasteiger partial charge in [0, 0.05) is 19.2 Å². The number of nitrogens with two attached hydrogens (primary N) is 1. The fourth-order valence-electron chi connectivity index (χ4n) is 3.77. The Labute approximate surface area is 197 Å². The van der Waals surface area contributed by atoms with Crippen molar-refractivity contribution in [3.8, 4) is 0 Å². The van der Waals surface area contributed by atoms with E-state index >= 15 is 0 Å².